The summed E-state index contributed by atoms with van der Waals surface area (Å²) in [5, 5.41) is 1.64. The number of rotatable bonds is 5. The predicted molar refractivity (Wildman–Crippen MR) is 124 cm³/mol. The number of nitrogens with one attached hydrogen (secondary N) is 2. The fourth-order valence-corrected chi connectivity index (χ4v) is 3.38. The molecule has 4 aromatic rings. The molecular weight excluding hydrogens is 358 g/mol. The molecule has 2 aromatic carbocycles. The fourth-order valence-electron chi connectivity index (χ4n) is 3.38. The van der Waals surface area contributed by atoms with Crippen LogP contribution in [-0.2, 0) is 0 Å². The van der Waals surface area contributed by atoms with Crippen molar-refractivity contribution in [1.29, 1.82) is 0 Å². The number of para-hydroxylation sites is 2. The van der Waals surface area contributed by atoms with Crippen LogP contribution >= 0.6 is 0 Å². The molecule has 2 heterocycles. The summed E-state index contributed by atoms with van der Waals surface area (Å²) in [7, 11) is 0. The van der Waals surface area contributed by atoms with Gasteiger partial charge in [0.05, 0.1) is 16.6 Å². The van der Waals surface area contributed by atoms with Gasteiger partial charge in [-0.1, -0.05) is 83.0 Å². The quantitative estimate of drug-likeness (QED) is 0.408. The Kier molecular flexibility index (Phi) is 6.65. The Morgan fingerprint density at radius 3 is 2.38 bits per heavy atom. The number of fused-ring (bicyclic) bond motifs is 2. The Balaban J connectivity index is 0.000000298. The first kappa shape index (κ1) is 20.6. The second-order valence-corrected chi connectivity index (χ2v) is 7.63. The smallest absolute Gasteiger partial charge is 0.259 e. The van der Waals surface area contributed by atoms with E-state index >= 15 is 0 Å². The number of unbranched alkanes of at least 4 members (excludes halogenated alkanes) is 1. The van der Waals surface area contributed by atoms with Crippen molar-refractivity contribution < 1.29 is 0 Å². The third kappa shape index (κ3) is 4.65. The van der Waals surface area contributed by atoms with Gasteiger partial charge in [-0.2, -0.15) is 0 Å². The summed E-state index contributed by atoms with van der Waals surface area (Å²) in [5.74, 6) is 1.43. The van der Waals surface area contributed by atoms with E-state index in [2.05, 4.69) is 42.3 Å². The monoisotopic (exact) mass is 387 g/mol. The zero-order valence-corrected chi connectivity index (χ0v) is 17.5. The van der Waals surface area contributed by atoms with Crippen LogP contribution in [-0.4, -0.2) is 15.0 Å². The molecule has 2 aromatic heterocycles. The van der Waals surface area contributed by atoms with Crippen molar-refractivity contribution in [2.24, 2.45) is 5.92 Å². The van der Waals surface area contributed by atoms with Crippen LogP contribution in [0.3, 0.4) is 0 Å². The molecule has 0 spiro atoms. The Morgan fingerprint density at radius 2 is 1.72 bits per heavy atom. The van der Waals surface area contributed by atoms with Gasteiger partial charge in [0, 0.05) is 16.5 Å². The van der Waals surface area contributed by atoms with Crippen LogP contribution in [0.5, 0.6) is 0 Å². The summed E-state index contributed by atoms with van der Waals surface area (Å²) in [6.45, 7) is 10.7. The maximum absolute atomic E-state index is 12.3. The number of hydrogen-bond donors (Lipinski definition) is 2. The third-order valence-electron chi connectivity index (χ3n) is 4.94. The molecule has 0 aliphatic carbocycles. The van der Waals surface area contributed by atoms with Crippen molar-refractivity contribution in [2.75, 3.05) is 0 Å². The second-order valence-electron chi connectivity index (χ2n) is 7.63. The van der Waals surface area contributed by atoms with Gasteiger partial charge < -0.3 is 9.97 Å². The van der Waals surface area contributed by atoms with Crippen LogP contribution in [0.2, 0.25) is 0 Å². The van der Waals surface area contributed by atoms with Gasteiger partial charge in [-0.3, -0.25) is 4.79 Å². The van der Waals surface area contributed by atoms with E-state index in [1.165, 1.54) is 19.3 Å². The van der Waals surface area contributed by atoms with E-state index in [0.717, 1.165) is 28.1 Å². The minimum atomic E-state index is -0.144. The molecular formula is C25H29N3O. The summed E-state index contributed by atoms with van der Waals surface area (Å²) >= 11 is 0. The van der Waals surface area contributed by atoms with E-state index in [1.807, 2.05) is 42.5 Å². The molecule has 29 heavy (non-hydrogen) atoms. The van der Waals surface area contributed by atoms with E-state index in [4.69, 9.17) is 0 Å². The molecule has 0 radical (unpaired) electrons. The Labute approximate surface area is 171 Å². The minimum absolute atomic E-state index is 0.144. The zero-order chi connectivity index (χ0) is 20.8. The Hall–Kier alpha value is -3.14. The van der Waals surface area contributed by atoms with Crippen molar-refractivity contribution in [3.05, 3.63) is 71.0 Å². The summed E-state index contributed by atoms with van der Waals surface area (Å²) in [5.41, 5.74) is 3.24. The normalized spacial score (nSPS) is 10.9. The number of benzene rings is 2. The van der Waals surface area contributed by atoms with Crippen molar-refractivity contribution in [3.63, 3.8) is 0 Å². The zero-order valence-electron chi connectivity index (χ0n) is 17.5. The number of nitrogens with zero attached hydrogens (tertiary/aromatic N) is 1. The molecule has 0 aliphatic heterocycles. The van der Waals surface area contributed by atoms with Gasteiger partial charge in [0.25, 0.3) is 5.56 Å². The molecule has 4 nitrogen and oxygen atoms in total. The van der Waals surface area contributed by atoms with Gasteiger partial charge in [0.15, 0.2) is 5.82 Å². The molecule has 0 unspecified atom stereocenters. The first-order valence-electron chi connectivity index (χ1n) is 10.3. The van der Waals surface area contributed by atoms with E-state index in [9.17, 15) is 4.79 Å². The van der Waals surface area contributed by atoms with Gasteiger partial charge in [-0.15, -0.1) is 0 Å². The van der Waals surface area contributed by atoms with E-state index < -0.39 is 0 Å². The molecule has 0 fully saturated rings. The highest BCUT2D eigenvalue weighted by Gasteiger charge is 2.13. The van der Waals surface area contributed by atoms with Crippen LogP contribution in [0.1, 0.15) is 45.6 Å². The number of aromatic amines is 2. The van der Waals surface area contributed by atoms with Crippen molar-refractivity contribution in [1.82, 2.24) is 15.0 Å². The number of hydrogen-bond acceptors (Lipinski definition) is 2. The van der Waals surface area contributed by atoms with Crippen molar-refractivity contribution in [3.8, 4) is 11.5 Å². The Bertz CT molecular complexity index is 1170. The molecule has 0 amide bonds. The minimum Gasteiger partial charge on any atom is -0.351 e. The molecule has 4 heteroatoms. The van der Waals surface area contributed by atoms with Crippen LogP contribution in [0.15, 0.2) is 59.9 Å². The lowest BCUT2D eigenvalue weighted by Gasteiger charge is -2.02. The average Bonchev–Trinajstić information content (AvgIpc) is 3.11. The summed E-state index contributed by atoms with van der Waals surface area (Å²) in [4.78, 5) is 23.0. The van der Waals surface area contributed by atoms with Gasteiger partial charge >= 0.3 is 0 Å². The van der Waals surface area contributed by atoms with Crippen molar-refractivity contribution >= 4 is 27.9 Å². The lowest BCUT2D eigenvalue weighted by Crippen LogP contribution is -2.09. The van der Waals surface area contributed by atoms with Crippen LogP contribution < -0.4 is 5.56 Å². The fraction of sp³-hybridized carbons (Fsp3) is 0.280. The summed E-state index contributed by atoms with van der Waals surface area (Å²) in [6, 6.07) is 15.3. The first-order chi connectivity index (χ1) is 14.0. The van der Waals surface area contributed by atoms with Gasteiger partial charge in [-0.25, -0.2) is 4.98 Å². The molecule has 0 saturated carbocycles. The largest absolute Gasteiger partial charge is 0.351 e. The molecule has 0 aliphatic rings. The Morgan fingerprint density at radius 1 is 1.03 bits per heavy atom. The topological polar surface area (TPSA) is 61.5 Å². The van der Waals surface area contributed by atoms with Crippen LogP contribution in [0, 0.1) is 5.92 Å². The lowest BCUT2D eigenvalue weighted by atomic mass is 10.1. The van der Waals surface area contributed by atoms with Gasteiger partial charge in [-0.05, 0) is 24.1 Å². The summed E-state index contributed by atoms with van der Waals surface area (Å²) < 4.78 is 0. The van der Waals surface area contributed by atoms with E-state index in [-0.39, 0.29) is 5.56 Å². The average molecular weight is 388 g/mol. The SMILES string of the molecule is C=Cc1c(-c2nc3ccccc3c(=O)[nH]2)[nH]c2ccccc12.CCCCC(C)C. The predicted octanol–water partition coefficient (Wildman–Crippen LogP) is 6.55. The third-order valence-corrected chi connectivity index (χ3v) is 4.94. The van der Waals surface area contributed by atoms with Crippen LogP contribution in [0.4, 0.5) is 0 Å². The number of H-pyrrole nitrogens is 2. The maximum atomic E-state index is 12.3. The number of aromatic nitrogens is 3. The molecule has 0 atom stereocenters. The summed E-state index contributed by atoms with van der Waals surface area (Å²) in [6.07, 6.45) is 5.93. The maximum Gasteiger partial charge on any atom is 0.259 e. The molecule has 0 bridgehead atoms. The second kappa shape index (κ2) is 9.37. The van der Waals surface area contributed by atoms with Gasteiger partial charge in [0.1, 0.15) is 0 Å². The molecule has 150 valence electrons. The molecule has 0 saturated heterocycles. The lowest BCUT2D eigenvalue weighted by molar-refractivity contribution is 0.550. The van der Waals surface area contributed by atoms with E-state index in [1.54, 1.807) is 12.1 Å². The highest BCUT2D eigenvalue weighted by Crippen LogP contribution is 2.29. The van der Waals surface area contributed by atoms with E-state index in [0.29, 0.717) is 16.7 Å². The standard InChI is InChI=1S/C18H13N3O.C7H16/c1-2-11-12-7-3-5-9-14(12)19-16(11)17-20-15-10-6-4-8-13(15)18(22)21-17;1-4-5-6-7(2)3/h2-10,19H,1H2,(H,20,21,22);7H,4-6H2,1-3H3. The highest BCUT2D eigenvalue weighted by molar-refractivity contribution is 5.95. The molecule has 4 rings (SSSR count). The van der Waals surface area contributed by atoms with Crippen molar-refractivity contribution in [2.45, 2.75) is 40.0 Å². The molecule has 2 N–H and O–H groups in total. The van der Waals surface area contributed by atoms with Gasteiger partial charge in [0.2, 0.25) is 0 Å². The first-order valence-corrected chi connectivity index (χ1v) is 10.3. The van der Waals surface area contributed by atoms with Crippen LogP contribution in [0.25, 0.3) is 39.4 Å². The highest BCUT2D eigenvalue weighted by atomic mass is 16.1.